The molecule has 0 saturated carbocycles. The average Bonchev–Trinajstić information content (AvgIpc) is 2.34. The highest BCUT2D eigenvalue weighted by Crippen LogP contribution is 2.25. The number of aliphatic hydroxyl groups excluding tert-OH is 4. The number of morpholine rings is 1. The standard InChI is InChI=1S/C9H15NO7/c11-1-3-6(13)7(14)5-9(16-3)17-4(2-12)8(15)10-5/h3-7,9,11-14H,1-2H2,(H,10,15)/t3?,4-,5?,6-,7?,9-/m1/s1. The van der Waals surface area contributed by atoms with Crippen LogP contribution in [0.3, 0.4) is 0 Å². The summed E-state index contributed by atoms with van der Waals surface area (Å²) >= 11 is 0. The predicted molar refractivity (Wildman–Crippen MR) is 51.6 cm³/mol. The maximum atomic E-state index is 11.4. The van der Waals surface area contributed by atoms with Gasteiger partial charge in [0.25, 0.3) is 5.91 Å². The topological polar surface area (TPSA) is 128 Å². The van der Waals surface area contributed by atoms with Crippen molar-refractivity contribution in [3.63, 3.8) is 0 Å². The van der Waals surface area contributed by atoms with E-state index in [0.29, 0.717) is 0 Å². The van der Waals surface area contributed by atoms with Crippen LogP contribution in [0.4, 0.5) is 0 Å². The van der Waals surface area contributed by atoms with Crippen molar-refractivity contribution < 1.29 is 34.7 Å². The Morgan fingerprint density at radius 1 is 1.12 bits per heavy atom. The van der Waals surface area contributed by atoms with E-state index in [9.17, 15) is 15.0 Å². The lowest BCUT2D eigenvalue weighted by molar-refractivity contribution is -0.292. The van der Waals surface area contributed by atoms with E-state index in [4.69, 9.17) is 19.7 Å². The van der Waals surface area contributed by atoms with Crippen molar-refractivity contribution in [1.82, 2.24) is 5.32 Å². The largest absolute Gasteiger partial charge is 0.394 e. The minimum absolute atomic E-state index is 0.484. The number of nitrogens with one attached hydrogen (secondary N) is 1. The van der Waals surface area contributed by atoms with Gasteiger partial charge in [0.2, 0.25) is 0 Å². The van der Waals surface area contributed by atoms with E-state index < -0.39 is 55.9 Å². The molecule has 0 aromatic carbocycles. The quantitative estimate of drug-likeness (QED) is 0.340. The fourth-order valence-corrected chi connectivity index (χ4v) is 1.96. The van der Waals surface area contributed by atoms with Gasteiger partial charge in [-0.2, -0.15) is 0 Å². The number of hydrogen-bond acceptors (Lipinski definition) is 7. The Morgan fingerprint density at radius 2 is 1.82 bits per heavy atom. The van der Waals surface area contributed by atoms with Crippen LogP contribution in [0, 0.1) is 0 Å². The summed E-state index contributed by atoms with van der Waals surface area (Å²) in [7, 11) is 0. The lowest BCUT2D eigenvalue weighted by Gasteiger charge is -2.45. The second-order valence-electron chi connectivity index (χ2n) is 4.05. The summed E-state index contributed by atoms with van der Waals surface area (Å²) in [5.74, 6) is -0.578. The van der Waals surface area contributed by atoms with Gasteiger partial charge in [-0.3, -0.25) is 4.79 Å². The Labute approximate surface area is 96.8 Å². The highest BCUT2D eigenvalue weighted by molar-refractivity contribution is 5.82. The van der Waals surface area contributed by atoms with Crippen LogP contribution in [-0.4, -0.2) is 76.3 Å². The third-order valence-corrected chi connectivity index (χ3v) is 2.95. The molecule has 2 aliphatic rings. The molecule has 1 amide bonds. The van der Waals surface area contributed by atoms with Gasteiger partial charge in [-0.25, -0.2) is 0 Å². The summed E-state index contributed by atoms with van der Waals surface area (Å²) in [6.45, 7) is -0.997. The molecule has 98 valence electrons. The van der Waals surface area contributed by atoms with Crippen molar-refractivity contribution in [3.8, 4) is 0 Å². The molecule has 0 radical (unpaired) electrons. The van der Waals surface area contributed by atoms with Gasteiger partial charge in [0.05, 0.1) is 13.2 Å². The minimum Gasteiger partial charge on any atom is -0.394 e. The number of hydrogen-bond donors (Lipinski definition) is 5. The molecule has 2 fully saturated rings. The second kappa shape index (κ2) is 4.84. The zero-order valence-corrected chi connectivity index (χ0v) is 8.89. The lowest BCUT2D eigenvalue weighted by Crippen LogP contribution is -2.69. The normalized spacial score (nSPS) is 46.2. The number of carbonyl (C=O) groups excluding carboxylic acids is 1. The Balaban J connectivity index is 2.12. The first-order chi connectivity index (χ1) is 8.08. The van der Waals surface area contributed by atoms with E-state index in [2.05, 4.69) is 5.32 Å². The summed E-state index contributed by atoms with van der Waals surface area (Å²) in [5.41, 5.74) is 0. The fourth-order valence-electron chi connectivity index (χ4n) is 1.96. The first kappa shape index (κ1) is 12.7. The molecule has 2 heterocycles. The van der Waals surface area contributed by atoms with Crippen molar-refractivity contribution in [3.05, 3.63) is 0 Å². The molecule has 5 N–H and O–H groups in total. The van der Waals surface area contributed by atoms with Crippen molar-refractivity contribution in [2.24, 2.45) is 0 Å². The number of aliphatic hydroxyl groups is 4. The first-order valence-electron chi connectivity index (χ1n) is 5.27. The van der Waals surface area contributed by atoms with E-state index in [1.807, 2.05) is 0 Å². The van der Waals surface area contributed by atoms with Crippen LogP contribution in [0.25, 0.3) is 0 Å². The van der Waals surface area contributed by atoms with Crippen LogP contribution in [0.5, 0.6) is 0 Å². The molecule has 0 bridgehead atoms. The zero-order chi connectivity index (χ0) is 12.6. The molecule has 3 unspecified atom stereocenters. The van der Waals surface area contributed by atoms with E-state index in [1.165, 1.54) is 0 Å². The number of carbonyl (C=O) groups is 1. The van der Waals surface area contributed by atoms with Gasteiger partial charge < -0.3 is 35.2 Å². The van der Waals surface area contributed by atoms with E-state index in [0.717, 1.165) is 0 Å². The summed E-state index contributed by atoms with van der Waals surface area (Å²) < 4.78 is 10.3. The zero-order valence-electron chi connectivity index (χ0n) is 8.89. The SMILES string of the molecule is O=C1NC2C(O)[C@H](O)C(CO)O[C@@H]2O[C@@H]1CO. The van der Waals surface area contributed by atoms with Gasteiger partial charge in [-0.05, 0) is 0 Å². The van der Waals surface area contributed by atoms with Crippen molar-refractivity contribution in [1.29, 1.82) is 0 Å². The molecule has 0 spiro atoms. The Kier molecular flexibility index (Phi) is 3.61. The molecule has 8 heteroatoms. The number of fused-ring (bicyclic) bond motifs is 1. The van der Waals surface area contributed by atoms with E-state index in [-0.39, 0.29) is 0 Å². The molecule has 2 saturated heterocycles. The summed E-state index contributed by atoms with van der Waals surface area (Å²) in [4.78, 5) is 11.4. The molecule has 2 aliphatic heterocycles. The van der Waals surface area contributed by atoms with E-state index in [1.54, 1.807) is 0 Å². The van der Waals surface area contributed by atoms with Crippen LogP contribution in [-0.2, 0) is 14.3 Å². The van der Waals surface area contributed by atoms with Gasteiger partial charge in [-0.15, -0.1) is 0 Å². The average molecular weight is 249 g/mol. The van der Waals surface area contributed by atoms with Gasteiger partial charge in [0, 0.05) is 0 Å². The molecule has 2 rings (SSSR count). The second-order valence-corrected chi connectivity index (χ2v) is 4.05. The van der Waals surface area contributed by atoms with E-state index >= 15 is 0 Å². The molecule has 0 aromatic heterocycles. The first-order valence-corrected chi connectivity index (χ1v) is 5.27. The van der Waals surface area contributed by atoms with Crippen LogP contribution in [0.2, 0.25) is 0 Å². The monoisotopic (exact) mass is 249 g/mol. The molecular formula is C9H15NO7. The lowest BCUT2D eigenvalue weighted by atomic mass is 9.95. The molecular weight excluding hydrogens is 234 g/mol. The van der Waals surface area contributed by atoms with Crippen LogP contribution >= 0.6 is 0 Å². The Bertz CT molecular complexity index is 299. The maximum Gasteiger partial charge on any atom is 0.252 e. The number of amides is 1. The Morgan fingerprint density at radius 3 is 2.41 bits per heavy atom. The van der Waals surface area contributed by atoms with Crippen LogP contribution < -0.4 is 5.32 Å². The van der Waals surface area contributed by atoms with Gasteiger partial charge in [0.1, 0.15) is 24.4 Å². The third kappa shape index (κ3) is 2.15. The fraction of sp³-hybridized carbons (Fsp3) is 0.889. The highest BCUT2D eigenvalue weighted by Gasteiger charge is 2.49. The van der Waals surface area contributed by atoms with Gasteiger partial charge in [-0.1, -0.05) is 0 Å². The minimum atomic E-state index is -1.31. The van der Waals surface area contributed by atoms with Crippen LogP contribution in [0.1, 0.15) is 0 Å². The maximum absolute atomic E-state index is 11.4. The Hall–Kier alpha value is -0.770. The summed E-state index contributed by atoms with van der Waals surface area (Å²) in [5, 5.41) is 39.6. The van der Waals surface area contributed by atoms with Gasteiger partial charge >= 0.3 is 0 Å². The smallest absolute Gasteiger partial charge is 0.252 e. The number of rotatable bonds is 2. The van der Waals surface area contributed by atoms with Crippen LogP contribution in [0.15, 0.2) is 0 Å². The van der Waals surface area contributed by atoms with Crippen molar-refractivity contribution in [2.75, 3.05) is 13.2 Å². The molecule has 8 nitrogen and oxygen atoms in total. The molecule has 0 aromatic rings. The molecule has 6 atom stereocenters. The predicted octanol–water partition coefficient (Wildman–Crippen LogP) is -3.70. The summed E-state index contributed by atoms with van der Waals surface area (Å²) in [6, 6.07) is -0.914. The van der Waals surface area contributed by atoms with Gasteiger partial charge in [0.15, 0.2) is 12.4 Å². The molecule has 0 aliphatic carbocycles. The molecule has 17 heavy (non-hydrogen) atoms. The number of ether oxygens (including phenoxy) is 2. The highest BCUT2D eigenvalue weighted by atomic mass is 16.7. The van der Waals surface area contributed by atoms with Crippen molar-refractivity contribution in [2.45, 2.75) is 36.7 Å². The van der Waals surface area contributed by atoms with Crippen molar-refractivity contribution >= 4 is 5.91 Å². The third-order valence-electron chi connectivity index (χ3n) is 2.95. The summed E-state index contributed by atoms with van der Waals surface area (Å²) in [6.07, 6.45) is -5.66.